The van der Waals surface area contributed by atoms with Crippen molar-refractivity contribution in [2.45, 2.75) is 74.7 Å². The summed E-state index contributed by atoms with van der Waals surface area (Å²) < 4.78 is 24.5. The zero-order valence-corrected chi connectivity index (χ0v) is 10.7. The summed E-state index contributed by atoms with van der Waals surface area (Å²) in [6, 6.07) is 0. The van der Waals surface area contributed by atoms with Gasteiger partial charge in [0.05, 0.1) is 9.49 Å². The van der Waals surface area contributed by atoms with Gasteiger partial charge in [-0.3, -0.25) is 0 Å². The van der Waals surface area contributed by atoms with Gasteiger partial charge >= 0.3 is 0 Å². The zero-order valence-electron chi connectivity index (χ0n) is 9.88. The Hall–Kier alpha value is -0.0500. The fraction of sp³-hybridized carbons (Fsp3) is 1.00. The van der Waals surface area contributed by atoms with E-state index in [1.807, 2.05) is 13.8 Å². The molecule has 0 aromatic carbocycles. The molecular formula is C12H22O2S. The Bertz CT molecular complexity index is 303. The van der Waals surface area contributed by atoms with Crippen LogP contribution in [0.4, 0.5) is 0 Å². The molecule has 0 amide bonds. The van der Waals surface area contributed by atoms with Crippen molar-refractivity contribution in [2.75, 3.05) is 0 Å². The second kappa shape index (κ2) is 3.47. The van der Waals surface area contributed by atoms with Gasteiger partial charge in [-0.1, -0.05) is 25.7 Å². The normalized spacial score (nSPS) is 29.5. The van der Waals surface area contributed by atoms with Crippen LogP contribution in [0.15, 0.2) is 0 Å². The molecule has 3 heteroatoms. The van der Waals surface area contributed by atoms with Gasteiger partial charge in [0.25, 0.3) is 0 Å². The van der Waals surface area contributed by atoms with Crippen LogP contribution in [0, 0.1) is 0 Å². The van der Waals surface area contributed by atoms with Crippen molar-refractivity contribution in [3.8, 4) is 0 Å². The maximum absolute atomic E-state index is 12.7. The molecule has 0 radical (unpaired) electrons. The van der Waals surface area contributed by atoms with Crippen molar-refractivity contribution in [3.63, 3.8) is 0 Å². The molecule has 0 unspecified atom stereocenters. The minimum absolute atomic E-state index is 0.411. The summed E-state index contributed by atoms with van der Waals surface area (Å²) in [5.41, 5.74) is 0. The van der Waals surface area contributed by atoms with E-state index in [-0.39, 0.29) is 0 Å². The Morgan fingerprint density at radius 1 is 0.733 bits per heavy atom. The minimum Gasteiger partial charge on any atom is -0.228 e. The quantitative estimate of drug-likeness (QED) is 0.730. The molecule has 15 heavy (non-hydrogen) atoms. The number of hydrogen-bond donors (Lipinski definition) is 0. The topological polar surface area (TPSA) is 34.1 Å². The van der Waals surface area contributed by atoms with Gasteiger partial charge in [-0.2, -0.15) is 0 Å². The van der Waals surface area contributed by atoms with E-state index in [0.717, 1.165) is 51.4 Å². The van der Waals surface area contributed by atoms with Crippen LogP contribution in [0.1, 0.15) is 65.2 Å². The molecule has 2 saturated carbocycles. The molecule has 2 fully saturated rings. The first kappa shape index (κ1) is 11.4. The highest BCUT2D eigenvalue weighted by Gasteiger charge is 2.52. The SMILES string of the molecule is CC1(S(=O)(=O)C2(C)CCCC2)CCCC1. The average Bonchev–Trinajstić information content (AvgIpc) is 2.76. The lowest BCUT2D eigenvalue weighted by Gasteiger charge is -2.34. The molecule has 2 nitrogen and oxygen atoms in total. The summed E-state index contributed by atoms with van der Waals surface area (Å²) in [5, 5.41) is 0. The molecule has 0 heterocycles. The van der Waals surface area contributed by atoms with Gasteiger partial charge in [-0.15, -0.1) is 0 Å². The molecule has 0 aromatic rings. The fourth-order valence-electron chi connectivity index (χ4n) is 3.38. The molecule has 0 N–H and O–H groups in total. The standard InChI is InChI=1S/C12H22O2S/c1-11(7-3-4-8-11)15(13,14)12(2)9-5-6-10-12/h3-10H2,1-2H3. The molecule has 0 aliphatic heterocycles. The first-order chi connectivity index (χ1) is 6.91. The van der Waals surface area contributed by atoms with Crippen LogP contribution in [0.5, 0.6) is 0 Å². The highest BCUT2D eigenvalue weighted by atomic mass is 32.2. The molecule has 0 bridgehead atoms. The van der Waals surface area contributed by atoms with Crippen LogP contribution in [-0.2, 0) is 9.84 Å². The summed E-state index contributed by atoms with van der Waals surface area (Å²) in [5.74, 6) is 0. The predicted molar refractivity (Wildman–Crippen MR) is 62.7 cm³/mol. The molecule has 0 saturated heterocycles. The van der Waals surface area contributed by atoms with Gasteiger partial charge in [0.15, 0.2) is 9.84 Å². The molecule has 2 aliphatic carbocycles. The third-order valence-corrected chi connectivity index (χ3v) is 8.03. The molecule has 0 spiro atoms. The second-order valence-corrected chi connectivity index (χ2v) is 8.80. The van der Waals surface area contributed by atoms with Crippen molar-refractivity contribution in [3.05, 3.63) is 0 Å². The van der Waals surface area contributed by atoms with Gasteiger partial charge in [0, 0.05) is 0 Å². The van der Waals surface area contributed by atoms with E-state index in [4.69, 9.17) is 0 Å². The molecule has 2 aliphatic rings. The van der Waals surface area contributed by atoms with Crippen LogP contribution in [-0.4, -0.2) is 17.9 Å². The molecule has 0 aromatic heterocycles. The van der Waals surface area contributed by atoms with Crippen LogP contribution in [0.2, 0.25) is 0 Å². The molecule has 0 atom stereocenters. The zero-order chi connectivity index (χ0) is 11.2. The van der Waals surface area contributed by atoms with Crippen molar-refractivity contribution in [1.82, 2.24) is 0 Å². The van der Waals surface area contributed by atoms with E-state index in [1.54, 1.807) is 0 Å². The summed E-state index contributed by atoms with van der Waals surface area (Å²) >= 11 is 0. The van der Waals surface area contributed by atoms with Gasteiger partial charge in [0.1, 0.15) is 0 Å². The fourth-order valence-corrected chi connectivity index (χ4v) is 6.22. The Morgan fingerprint density at radius 3 is 1.27 bits per heavy atom. The first-order valence-electron chi connectivity index (χ1n) is 6.16. The van der Waals surface area contributed by atoms with E-state index >= 15 is 0 Å². The van der Waals surface area contributed by atoms with Crippen LogP contribution in [0.3, 0.4) is 0 Å². The summed E-state index contributed by atoms with van der Waals surface area (Å²) in [4.78, 5) is 0. The van der Waals surface area contributed by atoms with E-state index in [9.17, 15) is 8.42 Å². The third kappa shape index (κ3) is 1.54. The van der Waals surface area contributed by atoms with Crippen LogP contribution < -0.4 is 0 Å². The van der Waals surface area contributed by atoms with E-state index < -0.39 is 19.3 Å². The van der Waals surface area contributed by atoms with Gasteiger partial charge in [-0.25, -0.2) is 8.42 Å². The lowest BCUT2D eigenvalue weighted by atomic mass is 10.1. The van der Waals surface area contributed by atoms with Crippen molar-refractivity contribution in [1.29, 1.82) is 0 Å². The van der Waals surface area contributed by atoms with Gasteiger partial charge < -0.3 is 0 Å². The van der Waals surface area contributed by atoms with Gasteiger partial charge in [0.2, 0.25) is 0 Å². The first-order valence-corrected chi connectivity index (χ1v) is 7.64. The van der Waals surface area contributed by atoms with Crippen molar-refractivity contribution >= 4 is 9.84 Å². The maximum atomic E-state index is 12.7. The Balaban J connectivity index is 2.33. The molecular weight excluding hydrogens is 208 g/mol. The molecule has 2 rings (SSSR count). The lowest BCUT2D eigenvalue weighted by Crippen LogP contribution is -2.46. The number of sulfone groups is 1. The second-order valence-electron chi connectivity index (χ2n) is 5.82. The van der Waals surface area contributed by atoms with Gasteiger partial charge in [-0.05, 0) is 39.5 Å². The Kier molecular flexibility index (Phi) is 2.65. The summed E-state index contributed by atoms with van der Waals surface area (Å²) in [6.45, 7) is 3.94. The van der Waals surface area contributed by atoms with E-state index in [0.29, 0.717) is 0 Å². The Morgan fingerprint density at radius 2 is 1.00 bits per heavy atom. The smallest absolute Gasteiger partial charge is 0.161 e. The number of rotatable bonds is 2. The third-order valence-electron chi connectivity index (χ3n) is 4.62. The number of hydrogen-bond acceptors (Lipinski definition) is 2. The Labute approximate surface area is 93.4 Å². The van der Waals surface area contributed by atoms with E-state index in [1.165, 1.54) is 0 Å². The largest absolute Gasteiger partial charge is 0.228 e. The summed E-state index contributed by atoms with van der Waals surface area (Å²) in [6.07, 6.45) is 7.88. The lowest BCUT2D eigenvalue weighted by molar-refractivity contribution is 0.483. The minimum atomic E-state index is -2.94. The molecule has 88 valence electrons. The average molecular weight is 230 g/mol. The van der Waals surface area contributed by atoms with Crippen molar-refractivity contribution in [2.24, 2.45) is 0 Å². The monoisotopic (exact) mass is 230 g/mol. The summed E-state index contributed by atoms with van der Waals surface area (Å²) in [7, 11) is -2.94. The predicted octanol–water partition coefficient (Wildman–Crippen LogP) is 3.07. The highest BCUT2D eigenvalue weighted by Crippen LogP contribution is 2.47. The van der Waals surface area contributed by atoms with Crippen LogP contribution >= 0.6 is 0 Å². The van der Waals surface area contributed by atoms with Crippen molar-refractivity contribution < 1.29 is 8.42 Å². The maximum Gasteiger partial charge on any atom is 0.161 e. The van der Waals surface area contributed by atoms with E-state index in [2.05, 4.69) is 0 Å². The highest BCUT2D eigenvalue weighted by molar-refractivity contribution is 7.94. The van der Waals surface area contributed by atoms with Crippen LogP contribution in [0.25, 0.3) is 0 Å².